The van der Waals surface area contributed by atoms with Crippen LogP contribution in [0, 0.1) is 0 Å². The van der Waals surface area contributed by atoms with Crippen molar-refractivity contribution in [2.75, 3.05) is 32.8 Å². The van der Waals surface area contributed by atoms with Crippen LogP contribution in [-0.4, -0.2) is 53.1 Å². The summed E-state index contributed by atoms with van der Waals surface area (Å²) < 4.78 is 7.12. The Labute approximate surface area is 147 Å². The molecule has 0 unspecified atom stereocenters. The van der Waals surface area contributed by atoms with E-state index in [0.717, 1.165) is 25.2 Å². The Morgan fingerprint density at radius 3 is 2.44 bits per heavy atom. The maximum atomic E-state index is 12.3. The van der Waals surface area contributed by atoms with Gasteiger partial charge in [-0.25, -0.2) is 0 Å². The van der Waals surface area contributed by atoms with E-state index < -0.39 is 0 Å². The molecule has 1 fully saturated rings. The number of carbonyl (C=O) groups is 1. The van der Waals surface area contributed by atoms with Gasteiger partial charge >= 0.3 is 0 Å². The monoisotopic (exact) mass is 341 g/mol. The number of carbonyl (C=O) groups excluding carboxylic acids is 1. The summed E-state index contributed by atoms with van der Waals surface area (Å²) >= 11 is 0. The predicted octanol–water partition coefficient (Wildman–Crippen LogP) is 1.11. The fourth-order valence-corrected chi connectivity index (χ4v) is 2.91. The number of hydrogen-bond donors (Lipinski definition) is 0. The second-order valence-electron chi connectivity index (χ2n) is 6.25. The minimum absolute atomic E-state index is 0.00224. The summed E-state index contributed by atoms with van der Waals surface area (Å²) in [7, 11) is 1.76. The van der Waals surface area contributed by atoms with Crippen LogP contribution in [0.25, 0.3) is 0 Å². The molecule has 25 heavy (non-hydrogen) atoms. The molecule has 0 atom stereocenters. The summed E-state index contributed by atoms with van der Waals surface area (Å²) in [6.07, 6.45) is 1.87. The average molecular weight is 341 g/mol. The zero-order chi connectivity index (χ0) is 17.6. The number of benzene rings is 1. The van der Waals surface area contributed by atoms with Crippen LogP contribution >= 0.6 is 0 Å². The Balaban J connectivity index is 1.45. The van der Waals surface area contributed by atoms with Gasteiger partial charge in [0, 0.05) is 52.0 Å². The van der Waals surface area contributed by atoms with Crippen molar-refractivity contribution in [2.45, 2.75) is 6.54 Å². The second kappa shape index (κ2) is 7.98. The number of para-hydroxylation sites is 1. The maximum Gasteiger partial charge on any atom is 0.260 e. The molecule has 6 nitrogen and oxygen atoms in total. The van der Waals surface area contributed by atoms with Crippen molar-refractivity contribution < 1.29 is 9.53 Å². The number of amides is 1. The van der Waals surface area contributed by atoms with Crippen LogP contribution < -0.4 is 10.3 Å². The summed E-state index contributed by atoms with van der Waals surface area (Å²) in [4.78, 5) is 27.8. The van der Waals surface area contributed by atoms with E-state index in [1.807, 2.05) is 47.5 Å². The smallest absolute Gasteiger partial charge is 0.260 e. The largest absolute Gasteiger partial charge is 0.484 e. The third-order valence-corrected chi connectivity index (χ3v) is 4.38. The highest BCUT2D eigenvalue weighted by Gasteiger charge is 2.21. The van der Waals surface area contributed by atoms with Crippen LogP contribution in [0.15, 0.2) is 53.5 Å². The molecular weight excluding hydrogens is 318 g/mol. The Bertz CT molecular complexity index is 765. The van der Waals surface area contributed by atoms with Crippen LogP contribution in [0.3, 0.4) is 0 Å². The van der Waals surface area contributed by atoms with Gasteiger partial charge in [-0.3, -0.25) is 14.5 Å². The Kier molecular flexibility index (Phi) is 5.50. The molecule has 132 valence electrons. The van der Waals surface area contributed by atoms with Gasteiger partial charge in [0.1, 0.15) is 5.75 Å². The standard InChI is InChI=1S/C19H23N3O3/c1-20-13-16(7-8-18(20)23)14-21-9-11-22(12-10-21)19(24)15-25-17-5-3-2-4-6-17/h2-8,13H,9-12,14-15H2,1H3. The zero-order valence-corrected chi connectivity index (χ0v) is 14.4. The number of aryl methyl sites for hydroxylation is 1. The third kappa shape index (κ3) is 4.70. The number of pyridine rings is 1. The lowest BCUT2D eigenvalue weighted by Gasteiger charge is -2.34. The minimum Gasteiger partial charge on any atom is -0.484 e. The molecule has 0 radical (unpaired) electrons. The first-order chi connectivity index (χ1) is 12.1. The van der Waals surface area contributed by atoms with Gasteiger partial charge in [0.25, 0.3) is 5.91 Å². The van der Waals surface area contributed by atoms with Crippen molar-refractivity contribution in [3.8, 4) is 5.75 Å². The van der Waals surface area contributed by atoms with Gasteiger partial charge in [-0.2, -0.15) is 0 Å². The maximum absolute atomic E-state index is 12.3. The highest BCUT2D eigenvalue weighted by Crippen LogP contribution is 2.10. The molecule has 1 aliphatic rings. The molecule has 1 amide bonds. The van der Waals surface area contributed by atoms with E-state index in [4.69, 9.17) is 4.74 Å². The van der Waals surface area contributed by atoms with E-state index in [0.29, 0.717) is 18.8 Å². The lowest BCUT2D eigenvalue weighted by atomic mass is 10.2. The summed E-state index contributed by atoms with van der Waals surface area (Å²) in [5.41, 5.74) is 1.10. The second-order valence-corrected chi connectivity index (χ2v) is 6.25. The summed E-state index contributed by atoms with van der Waals surface area (Å²) in [5, 5.41) is 0. The van der Waals surface area contributed by atoms with Gasteiger partial charge in [0.2, 0.25) is 5.56 Å². The summed E-state index contributed by atoms with van der Waals surface area (Å²) in [6, 6.07) is 12.8. The number of piperazine rings is 1. The first-order valence-electron chi connectivity index (χ1n) is 8.45. The van der Waals surface area contributed by atoms with Gasteiger partial charge in [-0.1, -0.05) is 24.3 Å². The predicted molar refractivity (Wildman–Crippen MR) is 95.5 cm³/mol. The first-order valence-corrected chi connectivity index (χ1v) is 8.45. The first kappa shape index (κ1) is 17.2. The highest BCUT2D eigenvalue weighted by molar-refractivity contribution is 5.77. The number of ether oxygens (including phenoxy) is 1. The van der Waals surface area contributed by atoms with Crippen molar-refractivity contribution in [1.82, 2.24) is 14.4 Å². The molecule has 1 aromatic carbocycles. The summed E-state index contributed by atoms with van der Waals surface area (Å²) in [5.74, 6) is 0.731. The molecule has 0 bridgehead atoms. The molecule has 1 aromatic heterocycles. The van der Waals surface area contributed by atoms with Gasteiger partial charge in [-0.05, 0) is 17.7 Å². The van der Waals surface area contributed by atoms with E-state index in [2.05, 4.69) is 4.90 Å². The van der Waals surface area contributed by atoms with Crippen LogP contribution in [0.1, 0.15) is 5.56 Å². The van der Waals surface area contributed by atoms with E-state index in [-0.39, 0.29) is 18.1 Å². The van der Waals surface area contributed by atoms with E-state index in [1.165, 1.54) is 0 Å². The van der Waals surface area contributed by atoms with Crippen molar-refractivity contribution in [3.05, 3.63) is 64.6 Å². The third-order valence-electron chi connectivity index (χ3n) is 4.38. The van der Waals surface area contributed by atoms with Crippen molar-refractivity contribution >= 4 is 5.91 Å². The molecule has 1 saturated heterocycles. The number of rotatable bonds is 5. The average Bonchev–Trinajstić information content (AvgIpc) is 2.64. The van der Waals surface area contributed by atoms with Gasteiger partial charge < -0.3 is 14.2 Å². The van der Waals surface area contributed by atoms with Crippen LogP contribution in [-0.2, 0) is 18.4 Å². The van der Waals surface area contributed by atoms with Crippen molar-refractivity contribution in [2.24, 2.45) is 7.05 Å². The lowest BCUT2D eigenvalue weighted by Crippen LogP contribution is -2.49. The quantitative estimate of drug-likeness (QED) is 0.817. The molecule has 0 spiro atoms. The van der Waals surface area contributed by atoms with Crippen LogP contribution in [0.5, 0.6) is 5.75 Å². The number of nitrogens with zero attached hydrogens (tertiary/aromatic N) is 3. The van der Waals surface area contributed by atoms with Crippen LogP contribution in [0.2, 0.25) is 0 Å². The Hall–Kier alpha value is -2.60. The minimum atomic E-state index is -0.00224. The molecule has 3 rings (SSSR count). The van der Waals surface area contributed by atoms with Gasteiger partial charge in [0.15, 0.2) is 6.61 Å². The number of aromatic nitrogens is 1. The molecular formula is C19H23N3O3. The normalized spacial score (nSPS) is 15.2. The zero-order valence-electron chi connectivity index (χ0n) is 14.4. The van der Waals surface area contributed by atoms with E-state index >= 15 is 0 Å². The van der Waals surface area contributed by atoms with Crippen LogP contribution in [0.4, 0.5) is 0 Å². The van der Waals surface area contributed by atoms with E-state index in [1.54, 1.807) is 17.7 Å². The van der Waals surface area contributed by atoms with E-state index in [9.17, 15) is 9.59 Å². The molecule has 6 heteroatoms. The topological polar surface area (TPSA) is 54.8 Å². The number of hydrogen-bond acceptors (Lipinski definition) is 4. The van der Waals surface area contributed by atoms with Crippen molar-refractivity contribution in [1.29, 1.82) is 0 Å². The fraction of sp³-hybridized carbons (Fsp3) is 0.368. The van der Waals surface area contributed by atoms with Gasteiger partial charge in [-0.15, -0.1) is 0 Å². The molecule has 0 N–H and O–H groups in total. The molecule has 1 aliphatic heterocycles. The SMILES string of the molecule is Cn1cc(CN2CCN(C(=O)COc3ccccc3)CC2)ccc1=O. The molecule has 0 saturated carbocycles. The Morgan fingerprint density at radius 2 is 1.76 bits per heavy atom. The summed E-state index contributed by atoms with van der Waals surface area (Å²) in [6.45, 7) is 3.90. The van der Waals surface area contributed by atoms with Gasteiger partial charge in [0.05, 0.1) is 0 Å². The fourth-order valence-electron chi connectivity index (χ4n) is 2.91. The highest BCUT2D eigenvalue weighted by atomic mass is 16.5. The molecule has 0 aliphatic carbocycles. The Morgan fingerprint density at radius 1 is 1.04 bits per heavy atom. The molecule has 2 heterocycles. The molecule has 2 aromatic rings. The van der Waals surface area contributed by atoms with Crippen molar-refractivity contribution in [3.63, 3.8) is 0 Å². The lowest BCUT2D eigenvalue weighted by molar-refractivity contribution is -0.135.